The minimum Gasteiger partial charge on any atom is -0.394 e. The molecule has 1 aliphatic rings. The highest BCUT2D eigenvalue weighted by Gasteiger charge is 2.57. The van der Waals surface area contributed by atoms with Gasteiger partial charge in [-0.25, -0.2) is 9.18 Å². The molecule has 0 saturated carbocycles. The van der Waals surface area contributed by atoms with E-state index in [0.29, 0.717) is 4.57 Å². The number of halogens is 2. The van der Waals surface area contributed by atoms with Crippen molar-refractivity contribution < 1.29 is 24.5 Å². The van der Waals surface area contributed by atoms with E-state index in [4.69, 9.17) is 26.7 Å². The maximum Gasteiger partial charge on any atom is 0.351 e. The van der Waals surface area contributed by atoms with Gasteiger partial charge in [-0.05, 0) is 6.07 Å². The quantitative estimate of drug-likeness (QED) is 0.426. The molecule has 0 aliphatic carbocycles. The van der Waals surface area contributed by atoms with Gasteiger partial charge in [0.1, 0.15) is 12.2 Å². The third-order valence-electron chi connectivity index (χ3n) is 2.76. The highest BCUT2D eigenvalue weighted by Crippen LogP contribution is 2.43. The molecule has 0 spiro atoms. The number of ether oxygens (including phenoxy) is 1. The van der Waals surface area contributed by atoms with Gasteiger partial charge in [-0.2, -0.15) is 4.98 Å². The summed E-state index contributed by atoms with van der Waals surface area (Å²) in [5.74, 6) is -0.141. The second-order valence-electron chi connectivity index (χ2n) is 3.94. The van der Waals surface area contributed by atoms with Crippen LogP contribution in [0, 0.1) is 0 Å². The molecule has 4 N–H and O–H groups in total. The Morgan fingerprint density at radius 1 is 1.68 bits per heavy atom. The molecule has 2 rings (SSSR count). The molecule has 19 heavy (non-hydrogen) atoms. The van der Waals surface area contributed by atoms with E-state index in [0.717, 1.165) is 6.20 Å². The fourth-order valence-electron chi connectivity index (χ4n) is 1.77. The number of hydrogen-bond acceptors (Lipinski definition) is 7. The first kappa shape index (κ1) is 14.2. The average molecular weight is 296 g/mol. The Balaban J connectivity index is 2.39. The molecule has 1 aromatic heterocycles. The second-order valence-corrected chi connectivity index (χ2v) is 4.52. The van der Waals surface area contributed by atoms with Crippen LogP contribution in [0.15, 0.2) is 17.1 Å². The Morgan fingerprint density at radius 2 is 2.37 bits per heavy atom. The molecule has 8 nitrogen and oxygen atoms in total. The summed E-state index contributed by atoms with van der Waals surface area (Å²) in [5, 5.41) is 24.3. The van der Waals surface area contributed by atoms with E-state index in [1.165, 1.54) is 6.07 Å². The van der Waals surface area contributed by atoms with Gasteiger partial charge < -0.3 is 14.9 Å². The molecule has 10 heteroatoms. The molecule has 1 aliphatic heterocycles. The first-order valence-electron chi connectivity index (χ1n) is 5.23. The molecule has 0 bridgehead atoms. The third-order valence-corrected chi connectivity index (χ3v) is 3.17. The molecule has 0 amide bonds. The Hall–Kier alpha value is -1.26. The van der Waals surface area contributed by atoms with E-state index in [1.807, 2.05) is 0 Å². The van der Waals surface area contributed by atoms with Crippen LogP contribution in [0.1, 0.15) is 6.23 Å². The summed E-state index contributed by atoms with van der Waals surface area (Å²) in [7, 11) is 0. The minimum atomic E-state index is -2.78. The Bertz CT molecular complexity index is 525. The second kappa shape index (κ2) is 5.02. The minimum absolute atomic E-state index is 0.141. The van der Waals surface area contributed by atoms with Crippen LogP contribution in [0.4, 0.5) is 10.2 Å². The lowest BCUT2D eigenvalue weighted by Gasteiger charge is -2.22. The number of anilines is 1. The van der Waals surface area contributed by atoms with E-state index in [2.05, 4.69) is 4.98 Å². The van der Waals surface area contributed by atoms with Crippen LogP contribution in [-0.4, -0.2) is 48.9 Å². The number of aromatic nitrogens is 2. The van der Waals surface area contributed by atoms with E-state index in [-0.39, 0.29) is 5.82 Å². The van der Waals surface area contributed by atoms with Crippen molar-refractivity contribution in [3.05, 3.63) is 22.7 Å². The summed E-state index contributed by atoms with van der Waals surface area (Å²) in [5.41, 5.74) is 0.707. The van der Waals surface area contributed by atoms with Crippen molar-refractivity contribution >= 4 is 17.4 Å². The van der Waals surface area contributed by atoms with Gasteiger partial charge in [-0.1, -0.05) is 11.6 Å². The van der Waals surface area contributed by atoms with E-state index in [1.54, 1.807) is 5.48 Å². The van der Waals surface area contributed by atoms with Crippen LogP contribution in [0.2, 0.25) is 0 Å². The summed E-state index contributed by atoms with van der Waals surface area (Å²) < 4.78 is 19.9. The van der Waals surface area contributed by atoms with Gasteiger partial charge in [0.25, 0.3) is 5.13 Å². The fraction of sp³-hybridized carbons (Fsp3) is 0.556. The summed E-state index contributed by atoms with van der Waals surface area (Å²) in [4.78, 5) is 15.0. The molecular formula is C9H11ClFN3O5. The zero-order valence-electron chi connectivity index (χ0n) is 9.40. The molecule has 1 fully saturated rings. The molecule has 106 valence electrons. The summed E-state index contributed by atoms with van der Waals surface area (Å²) in [6, 6.07) is 1.18. The number of rotatable bonds is 3. The molecule has 0 radical (unpaired) electrons. The highest BCUT2D eigenvalue weighted by molar-refractivity contribution is 6.23. The summed E-state index contributed by atoms with van der Waals surface area (Å²) >= 11 is 5.53. The van der Waals surface area contributed by atoms with Crippen molar-refractivity contribution in [2.45, 2.75) is 23.6 Å². The molecule has 1 aromatic rings. The number of aliphatic hydroxyl groups is 2. The van der Waals surface area contributed by atoms with Crippen molar-refractivity contribution in [3.63, 3.8) is 0 Å². The van der Waals surface area contributed by atoms with Crippen LogP contribution < -0.4 is 11.2 Å². The van der Waals surface area contributed by atoms with Crippen LogP contribution >= 0.6 is 11.6 Å². The molecule has 1 saturated heterocycles. The Labute approximate surface area is 111 Å². The molecular weight excluding hydrogens is 285 g/mol. The van der Waals surface area contributed by atoms with Crippen LogP contribution in [0.3, 0.4) is 0 Å². The Kier molecular flexibility index (Phi) is 3.74. The van der Waals surface area contributed by atoms with Crippen molar-refractivity contribution in [2.75, 3.05) is 12.1 Å². The van der Waals surface area contributed by atoms with Crippen molar-refractivity contribution in [3.8, 4) is 0 Å². The first-order chi connectivity index (χ1) is 8.91. The molecule has 0 unspecified atom stereocenters. The maximum atomic E-state index is 14.2. The summed E-state index contributed by atoms with van der Waals surface area (Å²) in [6.07, 6.45) is -3.61. The number of hydrogen-bond donors (Lipinski definition) is 4. The topological polar surface area (TPSA) is 117 Å². The lowest BCUT2D eigenvalue weighted by Crippen LogP contribution is -2.41. The molecule has 2 heterocycles. The number of nitrogens with zero attached hydrogens (tertiary/aromatic N) is 2. The van der Waals surface area contributed by atoms with Gasteiger partial charge in [0.15, 0.2) is 12.0 Å². The monoisotopic (exact) mass is 295 g/mol. The van der Waals surface area contributed by atoms with Gasteiger partial charge in [-0.3, -0.25) is 15.3 Å². The average Bonchev–Trinajstić information content (AvgIpc) is 2.61. The lowest BCUT2D eigenvalue weighted by molar-refractivity contribution is -0.0517. The van der Waals surface area contributed by atoms with E-state index < -0.39 is 35.9 Å². The number of nitrogens with one attached hydrogen (secondary N) is 1. The van der Waals surface area contributed by atoms with Crippen molar-refractivity contribution in [1.29, 1.82) is 0 Å². The van der Waals surface area contributed by atoms with Crippen LogP contribution in [-0.2, 0) is 4.74 Å². The normalized spacial score (nSPS) is 34.5. The summed E-state index contributed by atoms with van der Waals surface area (Å²) in [6.45, 7) is -0.658. The SMILES string of the molecule is O=c1nc(NO)ccn1[C@@H]1O[C@H](CO)[C@H](O)[C@]1(F)Cl. The smallest absolute Gasteiger partial charge is 0.351 e. The van der Waals surface area contributed by atoms with E-state index >= 15 is 0 Å². The molecule has 4 atom stereocenters. The predicted molar refractivity (Wildman–Crippen MR) is 60.6 cm³/mol. The zero-order chi connectivity index (χ0) is 14.2. The highest BCUT2D eigenvalue weighted by atomic mass is 35.5. The first-order valence-corrected chi connectivity index (χ1v) is 5.61. The number of aliphatic hydroxyl groups excluding tert-OH is 2. The van der Waals surface area contributed by atoms with Crippen molar-refractivity contribution in [1.82, 2.24) is 9.55 Å². The van der Waals surface area contributed by atoms with Crippen LogP contribution in [0.5, 0.6) is 0 Å². The lowest BCUT2D eigenvalue weighted by atomic mass is 10.1. The molecule has 0 aromatic carbocycles. The Morgan fingerprint density at radius 3 is 2.84 bits per heavy atom. The van der Waals surface area contributed by atoms with E-state index in [9.17, 15) is 14.3 Å². The number of alkyl halides is 2. The standard InChI is InChI=1S/C9H11ClFN3O5/c10-9(11)6(16)4(3-15)19-7(9)14-2-1-5(13-18)12-8(14)17/h1-2,4,6-7,15-16,18H,3H2,(H,12,13,17)/t4-,6+,7-,9-/m1/s1. The van der Waals surface area contributed by atoms with Gasteiger partial charge in [-0.15, -0.1) is 0 Å². The van der Waals surface area contributed by atoms with Crippen LogP contribution in [0.25, 0.3) is 0 Å². The third kappa shape index (κ3) is 2.30. The van der Waals surface area contributed by atoms with Gasteiger partial charge in [0.2, 0.25) is 0 Å². The van der Waals surface area contributed by atoms with Gasteiger partial charge in [0, 0.05) is 6.20 Å². The zero-order valence-corrected chi connectivity index (χ0v) is 10.2. The maximum absolute atomic E-state index is 14.2. The predicted octanol–water partition coefficient (Wildman–Crippen LogP) is -0.800. The fourth-order valence-corrected chi connectivity index (χ4v) is 2.07. The largest absolute Gasteiger partial charge is 0.394 e. The van der Waals surface area contributed by atoms with Crippen molar-refractivity contribution in [2.24, 2.45) is 0 Å². The van der Waals surface area contributed by atoms with Gasteiger partial charge >= 0.3 is 5.69 Å². The van der Waals surface area contributed by atoms with Gasteiger partial charge in [0.05, 0.1) is 6.61 Å².